The Kier molecular flexibility index (Phi) is 35.2. The summed E-state index contributed by atoms with van der Waals surface area (Å²) in [6, 6.07) is 0. The molecule has 0 aromatic heterocycles. The van der Waals surface area contributed by atoms with E-state index in [1.165, 1.54) is 77.0 Å². The molecule has 3 N–H and O–H groups in total. The summed E-state index contributed by atoms with van der Waals surface area (Å²) in [5.41, 5.74) is 0. The minimum Gasteiger partial charge on any atom is -0.462 e. The lowest BCUT2D eigenvalue weighted by molar-refractivity contribution is -0.161. The van der Waals surface area contributed by atoms with Crippen LogP contribution in [0.15, 0.2) is 36.5 Å². The second-order valence-corrected chi connectivity index (χ2v) is 14.8. The number of carbonyl (C=O) groups excluding carboxylic acids is 2. The van der Waals surface area contributed by atoms with Gasteiger partial charge in [-0.3, -0.25) is 18.6 Å². The molecular weight excluding hydrogens is 671 g/mol. The third-order valence-corrected chi connectivity index (χ3v) is 9.25. The lowest BCUT2D eigenvalue weighted by Gasteiger charge is -2.20. The molecular formula is C40H73O10P. The van der Waals surface area contributed by atoms with Gasteiger partial charge in [0.15, 0.2) is 6.10 Å². The van der Waals surface area contributed by atoms with Crippen LogP contribution in [0.25, 0.3) is 0 Å². The van der Waals surface area contributed by atoms with Crippen molar-refractivity contribution in [2.75, 3.05) is 26.4 Å². The monoisotopic (exact) mass is 744 g/mol. The van der Waals surface area contributed by atoms with Gasteiger partial charge >= 0.3 is 19.8 Å². The predicted molar refractivity (Wildman–Crippen MR) is 205 cm³/mol. The van der Waals surface area contributed by atoms with E-state index in [1.807, 2.05) is 0 Å². The minimum absolute atomic E-state index is 0.137. The summed E-state index contributed by atoms with van der Waals surface area (Å²) in [5.74, 6) is -0.968. The minimum atomic E-state index is -4.62. The Morgan fingerprint density at radius 1 is 0.588 bits per heavy atom. The first-order valence-electron chi connectivity index (χ1n) is 19.9. The van der Waals surface area contributed by atoms with Crippen molar-refractivity contribution in [1.29, 1.82) is 0 Å². The summed E-state index contributed by atoms with van der Waals surface area (Å²) in [7, 11) is -4.62. The average Bonchev–Trinajstić information content (AvgIpc) is 3.12. The maximum Gasteiger partial charge on any atom is 0.472 e. The topological polar surface area (TPSA) is 149 Å². The smallest absolute Gasteiger partial charge is 0.462 e. The molecule has 0 aromatic rings. The molecule has 51 heavy (non-hydrogen) atoms. The molecule has 0 aliphatic heterocycles. The molecule has 0 saturated heterocycles. The number of phosphoric acid groups is 1. The summed E-state index contributed by atoms with van der Waals surface area (Å²) in [4.78, 5) is 34.8. The largest absolute Gasteiger partial charge is 0.472 e. The van der Waals surface area contributed by atoms with Crippen molar-refractivity contribution >= 4 is 19.8 Å². The summed E-state index contributed by atoms with van der Waals surface area (Å²) in [6.07, 6.45) is 35.4. The van der Waals surface area contributed by atoms with Gasteiger partial charge in [0.25, 0.3) is 0 Å². The highest BCUT2D eigenvalue weighted by Gasteiger charge is 2.27. The Balaban J connectivity index is 4.42. The first-order valence-corrected chi connectivity index (χ1v) is 21.4. The first-order chi connectivity index (χ1) is 24.7. The fourth-order valence-electron chi connectivity index (χ4n) is 5.18. The Hall–Kier alpha value is -1.81. The van der Waals surface area contributed by atoms with Crippen LogP contribution in [0.3, 0.4) is 0 Å². The summed E-state index contributed by atoms with van der Waals surface area (Å²) in [6.45, 7) is 2.30. The highest BCUT2D eigenvalue weighted by molar-refractivity contribution is 7.47. The molecule has 10 nitrogen and oxygen atoms in total. The van der Waals surface area contributed by atoms with Crippen molar-refractivity contribution in [3.05, 3.63) is 36.5 Å². The van der Waals surface area contributed by atoms with Gasteiger partial charge in [0.1, 0.15) is 12.7 Å². The maximum atomic E-state index is 12.5. The normalized spacial score (nSPS) is 14.4. The molecule has 0 saturated carbocycles. The second-order valence-electron chi connectivity index (χ2n) is 13.3. The third kappa shape index (κ3) is 36.3. The van der Waals surface area contributed by atoms with Gasteiger partial charge in [-0.05, 0) is 51.4 Å². The van der Waals surface area contributed by atoms with Crippen LogP contribution in [0.5, 0.6) is 0 Å². The third-order valence-electron chi connectivity index (χ3n) is 8.30. The number of allylic oxidation sites excluding steroid dienone is 6. The number of phosphoric ester groups is 1. The Bertz CT molecular complexity index is 952. The van der Waals surface area contributed by atoms with E-state index in [2.05, 4.69) is 54.8 Å². The van der Waals surface area contributed by atoms with Crippen LogP contribution in [0.2, 0.25) is 0 Å². The molecule has 11 heteroatoms. The number of aliphatic hydroxyl groups is 2. The number of hydrogen-bond donors (Lipinski definition) is 3. The van der Waals surface area contributed by atoms with Crippen molar-refractivity contribution in [2.24, 2.45) is 0 Å². The fourth-order valence-corrected chi connectivity index (χ4v) is 5.96. The molecule has 0 rings (SSSR count). The molecule has 0 bridgehead atoms. The van der Waals surface area contributed by atoms with E-state index in [9.17, 15) is 24.2 Å². The van der Waals surface area contributed by atoms with Crippen molar-refractivity contribution in [2.45, 2.75) is 180 Å². The molecule has 298 valence electrons. The quantitative estimate of drug-likeness (QED) is 0.0243. The molecule has 0 aliphatic rings. The van der Waals surface area contributed by atoms with E-state index < -0.39 is 51.8 Å². The lowest BCUT2D eigenvalue weighted by atomic mass is 10.0. The molecule has 0 aliphatic carbocycles. The summed E-state index contributed by atoms with van der Waals surface area (Å²) < 4.78 is 32.6. The Labute approximate surface area is 310 Å². The molecule has 0 radical (unpaired) electrons. The van der Waals surface area contributed by atoms with Crippen LogP contribution in [-0.4, -0.2) is 65.7 Å². The molecule has 3 atom stereocenters. The van der Waals surface area contributed by atoms with Gasteiger partial charge in [-0.25, -0.2) is 4.57 Å². The first kappa shape index (κ1) is 49.2. The van der Waals surface area contributed by atoms with Gasteiger partial charge in [0, 0.05) is 12.8 Å². The Morgan fingerprint density at radius 2 is 1.02 bits per heavy atom. The SMILES string of the molecule is CCCCCC=CCC=CCC=CCCCCC(=O)OC(COC(=O)CCCCCCCCCCCCCCC)COP(=O)(O)OCC(O)CO. The van der Waals surface area contributed by atoms with E-state index in [0.29, 0.717) is 12.8 Å². The maximum absolute atomic E-state index is 12.5. The van der Waals surface area contributed by atoms with Crippen molar-refractivity contribution in [3.63, 3.8) is 0 Å². The molecule has 0 spiro atoms. The summed E-state index contributed by atoms with van der Waals surface area (Å²) in [5, 5.41) is 18.3. The van der Waals surface area contributed by atoms with Crippen LogP contribution < -0.4 is 0 Å². The number of unbranched alkanes of at least 4 members (excludes halogenated alkanes) is 17. The van der Waals surface area contributed by atoms with Crippen molar-refractivity contribution < 1.29 is 47.8 Å². The van der Waals surface area contributed by atoms with Crippen LogP contribution in [0.1, 0.15) is 168 Å². The average molecular weight is 745 g/mol. The number of hydrogen-bond acceptors (Lipinski definition) is 9. The van der Waals surface area contributed by atoms with Gasteiger partial charge in [-0.15, -0.1) is 0 Å². The van der Waals surface area contributed by atoms with Crippen LogP contribution >= 0.6 is 7.82 Å². The molecule has 0 fully saturated rings. The highest BCUT2D eigenvalue weighted by atomic mass is 31.2. The lowest BCUT2D eigenvalue weighted by Crippen LogP contribution is -2.29. The van der Waals surface area contributed by atoms with E-state index in [1.54, 1.807) is 0 Å². The highest BCUT2D eigenvalue weighted by Crippen LogP contribution is 2.43. The second kappa shape index (κ2) is 36.5. The van der Waals surface area contributed by atoms with E-state index >= 15 is 0 Å². The number of rotatable bonds is 37. The van der Waals surface area contributed by atoms with E-state index in [-0.39, 0.29) is 19.4 Å². The molecule has 0 amide bonds. The zero-order chi connectivity index (χ0) is 37.7. The number of aliphatic hydroxyl groups excluding tert-OH is 2. The van der Waals surface area contributed by atoms with Gasteiger partial charge < -0.3 is 24.6 Å². The van der Waals surface area contributed by atoms with E-state index in [0.717, 1.165) is 51.4 Å². The Morgan fingerprint density at radius 3 is 1.57 bits per heavy atom. The van der Waals surface area contributed by atoms with Crippen molar-refractivity contribution in [3.8, 4) is 0 Å². The van der Waals surface area contributed by atoms with Crippen LogP contribution in [-0.2, 0) is 32.7 Å². The molecule has 0 aromatic carbocycles. The van der Waals surface area contributed by atoms with Crippen LogP contribution in [0.4, 0.5) is 0 Å². The number of esters is 2. The number of ether oxygens (including phenoxy) is 2. The molecule has 0 heterocycles. The fraction of sp³-hybridized carbons (Fsp3) is 0.800. The number of carbonyl (C=O) groups is 2. The zero-order valence-electron chi connectivity index (χ0n) is 32.1. The standard InChI is InChI=1S/C40H73O10P/c1-3-5-7-9-11-13-15-17-18-20-22-24-26-28-30-32-40(44)50-38(36-49-51(45,46)48-34-37(42)33-41)35-47-39(43)31-29-27-25-23-21-19-16-14-12-10-8-6-4-2/h11,13,17-18,22,24,37-38,41-42H,3-10,12,14-16,19-21,23,25-36H2,1-2H3,(H,45,46). The van der Waals surface area contributed by atoms with Gasteiger partial charge in [0.05, 0.1) is 19.8 Å². The van der Waals surface area contributed by atoms with Gasteiger partial charge in [-0.1, -0.05) is 140 Å². The van der Waals surface area contributed by atoms with Crippen molar-refractivity contribution in [1.82, 2.24) is 0 Å². The van der Waals surface area contributed by atoms with Crippen LogP contribution in [0, 0.1) is 0 Å². The summed E-state index contributed by atoms with van der Waals surface area (Å²) >= 11 is 0. The molecule has 3 unspecified atom stereocenters. The zero-order valence-corrected chi connectivity index (χ0v) is 33.0. The van der Waals surface area contributed by atoms with E-state index in [4.69, 9.17) is 19.1 Å². The predicted octanol–water partition coefficient (Wildman–Crippen LogP) is 10.00. The van der Waals surface area contributed by atoms with Gasteiger partial charge in [-0.2, -0.15) is 0 Å². The van der Waals surface area contributed by atoms with Gasteiger partial charge in [0.2, 0.25) is 0 Å².